The monoisotopic (exact) mass is 346 g/mol. The molecule has 1 aliphatic heterocycles. The van der Waals surface area contributed by atoms with E-state index in [1.807, 2.05) is 12.1 Å². The molecule has 2 aliphatic rings. The molecule has 0 bridgehead atoms. The molecule has 2 fully saturated rings. The van der Waals surface area contributed by atoms with Gasteiger partial charge >= 0.3 is 0 Å². The van der Waals surface area contributed by atoms with E-state index in [2.05, 4.69) is 32.1 Å². The third-order valence-electron chi connectivity index (χ3n) is 4.77. The van der Waals surface area contributed by atoms with Gasteiger partial charge in [-0.25, -0.2) is 0 Å². The minimum absolute atomic E-state index is 0.533. The Bertz CT molecular complexity index is 668. The van der Waals surface area contributed by atoms with E-state index in [9.17, 15) is 0 Å². The molecule has 2 aromatic rings. The highest BCUT2D eigenvalue weighted by molar-refractivity contribution is 6.30. The normalized spacial score (nSPS) is 20.2. The van der Waals surface area contributed by atoms with Crippen molar-refractivity contribution in [3.8, 4) is 0 Å². The highest BCUT2D eigenvalue weighted by Gasteiger charge is 2.29. The lowest BCUT2D eigenvalue weighted by molar-refractivity contribution is 0.229. The lowest BCUT2D eigenvalue weighted by Crippen LogP contribution is -2.30. The maximum atomic E-state index is 5.96. The SMILES string of the molecule is Clc1ccc(CN2CCCN(Cc3nnc(C4CC4)o3)CC2)cc1. The second kappa shape index (κ2) is 7.21. The summed E-state index contributed by atoms with van der Waals surface area (Å²) < 4.78 is 5.79. The van der Waals surface area contributed by atoms with Crippen molar-refractivity contribution in [1.82, 2.24) is 20.0 Å². The summed E-state index contributed by atoms with van der Waals surface area (Å²) >= 11 is 5.96. The third kappa shape index (κ3) is 4.15. The lowest BCUT2D eigenvalue weighted by atomic mass is 10.2. The third-order valence-corrected chi connectivity index (χ3v) is 5.02. The van der Waals surface area contributed by atoms with Gasteiger partial charge in [0.2, 0.25) is 11.8 Å². The molecule has 0 N–H and O–H groups in total. The molecular formula is C18H23ClN4O. The van der Waals surface area contributed by atoms with E-state index >= 15 is 0 Å². The molecule has 1 aromatic carbocycles. The Hall–Kier alpha value is -1.43. The van der Waals surface area contributed by atoms with Crippen molar-refractivity contribution in [2.24, 2.45) is 0 Å². The predicted molar refractivity (Wildman–Crippen MR) is 92.9 cm³/mol. The maximum Gasteiger partial charge on any atom is 0.230 e. The number of aromatic nitrogens is 2. The van der Waals surface area contributed by atoms with E-state index in [-0.39, 0.29) is 0 Å². The van der Waals surface area contributed by atoms with Gasteiger partial charge in [0, 0.05) is 30.6 Å². The standard InChI is InChI=1S/C18H23ClN4O/c19-16-6-2-14(3-7-16)12-22-8-1-9-23(11-10-22)13-17-20-21-18(24-17)15-4-5-15/h2-3,6-7,15H,1,4-5,8-13H2. The van der Waals surface area contributed by atoms with Crippen molar-refractivity contribution in [2.45, 2.75) is 38.3 Å². The first-order valence-corrected chi connectivity index (χ1v) is 9.15. The molecular weight excluding hydrogens is 324 g/mol. The van der Waals surface area contributed by atoms with Gasteiger partial charge < -0.3 is 4.42 Å². The van der Waals surface area contributed by atoms with Gasteiger partial charge in [-0.3, -0.25) is 9.80 Å². The van der Waals surface area contributed by atoms with Crippen LogP contribution in [0.1, 0.15) is 42.5 Å². The Balaban J connectivity index is 1.29. The summed E-state index contributed by atoms with van der Waals surface area (Å²) in [4.78, 5) is 4.93. The number of rotatable bonds is 5. The van der Waals surface area contributed by atoms with Gasteiger partial charge in [0.1, 0.15) is 0 Å². The zero-order chi connectivity index (χ0) is 16.4. The summed E-state index contributed by atoms with van der Waals surface area (Å²) in [6, 6.07) is 8.16. The van der Waals surface area contributed by atoms with Crippen LogP contribution in [0.25, 0.3) is 0 Å². The average molecular weight is 347 g/mol. The van der Waals surface area contributed by atoms with Crippen molar-refractivity contribution in [3.63, 3.8) is 0 Å². The van der Waals surface area contributed by atoms with Gasteiger partial charge in [-0.2, -0.15) is 0 Å². The molecule has 2 heterocycles. The van der Waals surface area contributed by atoms with Gasteiger partial charge in [0.25, 0.3) is 0 Å². The van der Waals surface area contributed by atoms with Crippen LogP contribution in [0.15, 0.2) is 28.7 Å². The fraction of sp³-hybridized carbons (Fsp3) is 0.556. The molecule has 1 aliphatic carbocycles. The Morgan fingerprint density at radius 3 is 2.38 bits per heavy atom. The topological polar surface area (TPSA) is 45.4 Å². The van der Waals surface area contributed by atoms with Crippen LogP contribution in [0.4, 0.5) is 0 Å². The highest BCUT2D eigenvalue weighted by Crippen LogP contribution is 2.39. The molecule has 4 rings (SSSR count). The van der Waals surface area contributed by atoms with E-state index in [0.29, 0.717) is 5.92 Å². The predicted octanol–water partition coefficient (Wildman–Crippen LogP) is 3.31. The van der Waals surface area contributed by atoms with Gasteiger partial charge in [0.05, 0.1) is 6.54 Å². The minimum Gasteiger partial charge on any atom is -0.424 e. The first kappa shape index (κ1) is 16.1. The molecule has 0 amide bonds. The van der Waals surface area contributed by atoms with Crippen LogP contribution in [-0.4, -0.2) is 46.2 Å². The number of hydrogen-bond acceptors (Lipinski definition) is 5. The number of benzene rings is 1. The smallest absolute Gasteiger partial charge is 0.230 e. The summed E-state index contributed by atoms with van der Waals surface area (Å²) in [6.07, 6.45) is 3.56. The number of hydrogen-bond donors (Lipinski definition) is 0. The summed E-state index contributed by atoms with van der Waals surface area (Å²) in [7, 11) is 0. The van der Waals surface area contributed by atoms with Gasteiger partial charge in [-0.05, 0) is 50.0 Å². The molecule has 1 saturated carbocycles. The Kier molecular flexibility index (Phi) is 4.83. The fourth-order valence-electron chi connectivity index (χ4n) is 3.21. The van der Waals surface area contributed by atoms with Crippen LogP contribution >= 0.6 is 11.6 Å². The summed E-state index contributed by atoms with van der Waals surface area (Å²) in [5.74, 6) is 2.14. The molecule has 24 heavy (non-hydrogen) atoms. The van der Waals surface area contributed by atoms with Crippen molar-refractivity contribution in [3.05, 3.63) is 46.6 Å². The van der Waals surface area contributed by atoms with Crippen LogP contribution < -0.4 is 0 Å². The van der Waals surface area contributed by atoms with E-state index in [1.165, 1.54) is 18.4 Å². The van der Waals surface area contributed by atoms with Gasteiger partial charge in [0.15, 0.2) is 0 Å². The Morgan fingerprint density at radius 1 is 0.958 bits per heavy atom. The zero-order valence-electron chi connectivity index (χ0n) is 13.8. The second-order valence-electron chi connectivity index (χ2n) is 6.84. The van der Waals surface area contributed by atoms with E-state index in [1.54, 1.807) is 0 Å². The summed E-state index contributed by atoms with van der Waals surface area (Å²) in [6.45, 7) is 6.06. The van der Waals surface area contributed by atoms with E-state index in [4.69, 9.17) is 16.0 Å². The van der Waals surface area contributed by atoms with Crippen LogP contribution in [0.5, 0.6) is 0 Å². The quantitative estimate of drug-likeness (QED) is 0.831. The molecule has 6 heteroatoms. The molecule has 1 saturated heterocycles. The lowest BCUT2D eigenvalue weighted by Gasteiger charge is -2.21. The van der Waals surface area contributed by atoms with Gasteiger partial charge in [-0.15, -0.1) is 10.2 Å². The number of nitrogens with zero attached hydrogens (tertiary/aromatic N) is 4. The van der Waals surface area contributed by atoms with Crippen LogP contribution in [0.2, 0.25) is 5.02 Å². The number of halogens is 1. The molecule has 128 valence electrons. The fourth-order valence-corrected chi connectivity index (χ4v) is 3.33. The Morgan fingerprint density at radius 2 is 1.67 bits per heavy atom. The van der Waals surface area contributed by atoms with Gasteiger partial charge in [-0.1, -0.05) is 23.7 Å². The maximum absolute atomic E-state index is 5.96. The minimum atomic E-state index is 0.533. The molecule has 0 unspecified atom stereocenters. The summed E-state index contributed by atoms with van der Waals surface area (Å²) in [5, 5.41) is 9.19. The first-order valence-electron chi connectivity index (χ1n) is 8.78. The Labute approximate surface area is 147 Å². The molecule has 5 nitrogen and oxygen atoms in total. The molecule has 0 radical (unpaired) electrons. The van der Waals surface area contributed by atoms with E-state index in [0.717, 1.165) is 62.5 Å². The van der Waals surface area contributed by atoms with Crippen molar-refractivity contribution in [2.75, 3.05) is 26.2 Å². The van der Waals surface area contributed by atoms with Crippen LogP contribution in [0, 0.1) is 0 Å². The average Bonchev–Trinajstić information content (AvgIpc) is 3.36. The van der Waals surface area contributed by atoms with Crippen molar-refractivity contribution >= 4 is 11.6 Å². The van der Waals surface area contributed by atoms with Crippen molar-refractivity contribution < 1.29 is 4.42 Å². The van der Waals surface area contributed by atoms with Crippen LogP contribution in [0.3, 0.4) is 0 Å². The highest BCUT2D eigenvalue weighted by atomic mass is 35.5. The van der Waals surface area contributed by atoms with Crippen molar-refractivity contribution in [1.29, 1.82) is 0 Å². The molecule has 0 spiro atoms. The molecule has 1 aromatic heterocycles. The largest absolute Gasteiger partial charge is 0.424 e. The van der Waals surface area contributed by atoms with Crippen LogP contribution in [-0.2, 0) is 13.1 Å². The second-order valence-corrected chi connectivity index (χ2v) is 7.28. The van der Waals surface area contributed by atoms with E-state index < -0.39 is 0 Å². The summed E-state index contributed by atoms with van der Waals surface area (Å²) in [5.41, 5.74) is 1.32. The zero-order valence-corrected chi connectivity index (χ0v) is 14.6. The first-order chi connectivity index (χ1) is 11.8. The molecule has 0 atom stereocenters.